The van der Waals surface area contributed by atoms with E-state index in [-0.39, 0.29) is 23.6 Å². The smallest absolute Gasteiger partial charge is 0.179 e. The van der Waals surface area contributed by atoms with E-state index in [0.717, 1.165) is 11.1 Å². The summed E-state index contributed by atoms with van der Waals surface area (Å²) in [6.07, 6.45) is 1.71. The van der Waals surface area contributed by atoms with Crippen LogP contribution in [0.5, 0.6) is 0 Å². The molecule has 130 valence electrons. The van der Waals surface area contributed by atoms with Gasteiger partial charge in [-0.2, -0.15) is 0 Å². The molecule has 0 amide bonds. The van der Waals surface area contributed by atoms with Gasteiger partial charge in [-0.1, -0.05) is 42.5 Å². The normalized spacial score (nSPS) is 20.1. The lowest BCUT2D eigenvalue weighted by Crippen LogP contribution is -2.39. The maximum absolute atomic E-state index is 13.2. The number of ketones is 1. The van der Waals surface area contributed by atoms with E-state index in [9.17, 15) is 9.18 Å². The third kappa shape index (κ3) is 4.69. The van der Waals surface area contributed by atoms with Crippen LogP contribution in [0.2, 0.25) is 0 Å². The fourth-order valence-electron chi connectivity index (χ4n) is 3.23. The maximum atomic E-state index is 13.2. The Morgan fingerprint density at radius 3 is 2.60 bits per heavy atom. The Morgan fingerprint density at radius 2 is 1.88 bits per heavy atom. The van der Waals surface area contributed by atoms with Crippen LogP contribution in [0.15, 0.2) is 67.1 Å². The van der Waals surface area contributed by atoms with Crippen LogP contribution in [-0.2, 0) is 16.1 Å². The quantitative estimate of drug-likeness (QED) is 0.797. The third-order valence-electron chi connectivity index (χ3n) is 4.57. The van der Waals surface area contributed by atoms with Gasteiger partial charge in [-0.3, -0.25) is 4.79 Å². The Balaban J connectivity index is 1.63. The predicted molar refractivity (Wildman–Crippen MR) is 95.3 cm³/mol. The number of carbonyl (C=O) groups excluding carboxylic acids is 1. The summed E-state index contributed by atoms with van der Waals surface area (Å²) >= 11 is 0. The lowest BCUT2D eigenvalue weighted by atomic mass is 9.79. The average Bonchev–Trinajstić information content (AvgIpc) is 2.63. The minimum absolute atomic E-state index is 0.000995. The van der Waals surface area contributed by atoms with Gasteiger partial charge in [0.2, 0.25) is 0 Å². The van der Waals surface area contributed by atoms with Crippen molar-refractivity contribution >= 4 is 5.78 Å². The number of ether oxygens (including phenoxy) is 1. The summed E-state index contributed by atoms with van der Waals surface area (Å²) in [7, 11) is 0. The monoisotopic (exact) mass is 339 g/mol. The van der Waals surface area contributed by atoms with Crippen molar-refractivity contribution in [1.82, 2.24) is 5.32 Å². The Kier molecular flexibility index (Phi) is 5.49. The van der Waals surface area contributed by atoms with Crippen molar-refractivity contribution in [2.75, 3.05) is 0 Å². The molecule has 3 rings (SSSR count). The number of hydrogen-bond acceptors (Lipinski definition) is 3. The summed E-state index contributed by atoms with van der Waals surface area (Å²) in [6, 6.07) is 16.3. The number of carbonyl (C=O) groups is 1. The van der Waals surface area contributed by atoms with Crippen molar-refractivity contribution in [2.45, 2.75) is 37.8 Å². The molecule has 3 nitrogen and oxygen atoms in total. The number of Topliss-reactive ketones (excluding diaryl/α,β-unsaturated/α-hetero) is 1. The van der Waals surface area contributed by atoms with E-state index < -0.39 is 0 Å². The Hall–Kier alpha value is -2.62. The van der Waals surface area contributed by atoms with Gasteiger partial charge in [0.15, 0.2) is 5.88 Å². The van der Waals surface area contributed by atoms with Crippen molar-refractivity contribution in [3.05, 3.63) is 84.0 Å². The molecular weight excluding hydrogens is 317 g/mol. The van der Waals surface area contributed by atoms with Crippen LogP contribution in [0.25, 0.3) is 0 Å². The molecule has 1 N–H and O–H groups in total. The SMILES string of the molecule is C=C(N[C@@H]1CCC(=O)C[C@H]1c1ccc(F)cc1)OCc1ccccc1. The number of halogens is 1. The Morgan fingerprint density at radius 1 is 1.16 bits per heavy atom. The fraction of sp³-hybridized carbons (Fsp3) is 0.286. The number of nitrogens with one attached hydrogen (secondary N) is 1. The van der Waals surface area contributed by atoms with Crippen LogP contribution in [0, 0.1) is 5.82 Å². The van der Waals surface area contributed by atoms with E-state index >= 15 is 0 Å². The topological polar surface area (TPSA) is 38.3 Å². The van der Waals surface area contributed by atoms with Gasteiger partial charge < -0.3 is 10.1 Å². The summed E-state index contributed by atoms with van der Waals surface area (Å²) in [5.41, 5.74) is 2.03. The molecule has 0 aromatic heterocycles. The highest BCUT2D eigenvalue weighted by Crippen LogP contribution is 2.32. The van der Waals surface area contributed by atoms with Gasteiger partial charge in [0, 0.05) is 24.8 Å². The van der Waals surface area contributed by atoms with E-state index in [1.807, 2.05) is 30.3 Å². The van der Waals surface area contributed by atoms with Crippen molar-refractivity contribution in [2.24, 2.45) is 0 Å². The Labute approximate surface area is 147 Å². The summed E-state index contributed by atoms with van der Waals surface area (Å²) in [6.45, 7) is 4.39. The van der Waals surface area contributed by atoms with Crippen LogP contribution < -0.4 is 5.32 Å². The molecule has 1 saturated carbocycles. The standard InChI is InChI=1S/C21H22FNO2/c1-15(25-14-16-5-3-2-4-6-16)23-21-12-11-19(24)13-20(21)17-7-9-18(22)10-8-17/h2-10,20-21,23H,1,11-14H2/t20-,21+/m0/s1. The lowest BCUT2D eigenvalue weighted by Gasteiger charge is -2.33. The van der Waals surface area contributed by atoms with Crippen molar-refractivity contribution < 1.29 is 13.9 Å². The van der Waals surface area contributed by atoms with Crippen LogP contribution in [0.4, 0.5) is 4.39 Å². The van der Waals surface area contributed by atoms with E-state index in [2.05, 4.69) is 11.9 Å². The van der Waals surface area contributed by atoms with Gasteiger partial charge in [0.05, 0.1) is 0 Å². The van der Waals surface area contributed by atoms with Crippen molar-refractivity contribution in [3.63, 3.8) is 0 Å². The molecule has 2 atom stereocenters. The van der Waals surface area contributed by atoms with Gasteiger partial charge in [-0.05, 0) is 36.3 Å². The molecule has 2 aromatic rings. The molecule has 0 spiro atoms. The first-order chi connectivity index (χ1) is 12.1. The van der Waals surface area contributed by atoms with E-state index in [1.54, 1.807) is 12.1 Å². The first-order valence-electron chi connectivity index (χ1n) is 8.51. The Bertz CT molecular complexity index is 727. The summed E-state index contributed by atoms with van der Waals surface area (Å²) in [5.74, 6) is 0.462. The van der Waals surface area contributed by atoms with Gasteiger partial charge in [0.25, 0.3) is 0 Å². The predicted octanol–water partition coefficient (Wildman–Crippen LogP) is 4.31. The highest BCUT2D eigenvalue weighted by atomic mass is 19.1. The second kappa shape index (κ2) is 7.97. The number of hydrogen-bond donors (Lipinski definition) is 1. The summed E-state index contributed by atoms with van der Waals surface area (Å²) < 4.78 is 18.9. The van der Waals surface area contributed by atoms with Crippen LogP contribution in [-0.4, -0.2) is 11.8 Å². The summed E-state index contributed by atoms with van der Waals surface area (Å²) in [4.78, 5) is 11.9. The zero-order chi connectivity index (χ0) is 17.6. The van der Waals surface area contributed by atoms with Gasteiger partial charge in [0.1, 0.15) is 18.2 Å². The van der Waals surface area contributed by atoms with E-state index in [4.69, 9.17) is 4.74 Å². The van der Waals surface area contributed by atoms with Crippen LogP contribution >= 0.6 is 0 Å². The molecule has 4 heteroatoms. The molecule has 1 fully saturated rings. The number of rotatable bonds is 6. The molecule has 0 unspecified atom stereocenters. The van der Waals surface area contributed by atoms with Gasteiger partial charge in [-0.25, -0.2) is 4.39 Å². The van der Waals surface area contributed by atoms with Crippen molar-refractivity contribution in [1.29, 1.82) is 0 Å². The molecule has 2 aromatic carbocycles. The number of benzene rings is 2. The molecule has 25 heavy (non-hydrogen) atoms. The molecule has 0 saturated heterocycles. The minimum atomic E-state index is -0.272. The average molecular weight is 339 g/mol. The zero-order valence-corrected chi connectivity index (χ0v) is 14.1. The molecule has 0 bridgehead atoms. The van der Waals surface area contributed by atoms with Gasteiger partial charge in [-0.15, -0.1) is 0 Å². The third-order valence-corrected chi connectivity index (χ3v) is 4.57. The highest BCUT2D eigenvalue weighted by Gasteiger charge is 2.31. The molecule has 0 aliphatic heterocycles. The van der Waals surface area contributed by atoms with E-state index in [1.165, 1.54) is 12.1 Å². The lowest BCUT2D eigenvalue weighted by molar-refractivity contribution is -0.121. The molecule has 1 aliphatic carbocycles. The van der Waals surface area contributed by atoms with Crippen molar-refractivity contribution in [3.8, 4) is 0 Å². The second-order valence-corrected chi connectivity index (χ2v) is 6.39. The molecular formula is C21H22FNO2. The summed E-state index contributed by atoms with van der Waals surface area (Å²) in [5, 5.41) is 3.31. The van der Waals surface area contributed by atoms with E-state index in [0.29, 0.717) is 31.8 Å². The first kappa shape index (κ1) is 17.2. The van der Waals surface area contributed by atoms with Crippen LogP contribution in [0.1, 0.15) is 36.3 Å². The fourth-order valence-corrected chi connectivity index (χ4v) is 3.23. The largest absolute Gasteiger partial charge is 0.475 e. The maximum Gasteiger partial charge on any atom is 0.179 e. The van der Waals surface area contributed by atoms with Crippen LogP contribution in [0.3, 0.4) is 0 Å². The molecule has 0 heterocycles. The zero-order valence-electron chi connectivity index (χ0n) is 14.1. The molecule has 0 radical (unpaired) electrons. The molecule has 1 aliphatic rings. The minimum Gasteiger partial charge on any atom is -0.475 e. The van der Waals surface area contributed by atoms with Gasteiger partial charge >= 0.3 is 0 Å². The second-order valence-electron chi connectivity index (χ2n) is 6.39. The first-order valence-corrected chi connectivity index (χ1v) is 8.51. The highest BCUT2D eigenvalue weighted by molar-refractivity contribution is 5.80.